The molecule has 2 rings (SSSR count). The fourth-order valence-corrected chi connectivity index (χ4v) is 2.11. The predicted molar refractivity (Wildman–Crippen MR) is 63.2 cm³/mol. The molecule has 1 N–H and O–H groups in total. The highest BCUT2D eigenvalue weighted by Gasteiger charge is 2.29. The zero-order valence-corrected chi connectivity index (χ0v) is 9.70. The van der Waals surface area contributed by atoms with Gasteiger partial charge in [0, 0.05) is 37.1 Å². The van der Waals surface area contributed by atoms with Gasteiger partial charge in [-0.1, -0.05) is 0 Å². The molecule has 16 heavy (non-hydrogen) atoms. The van der Waals surface area contributed by atoms with Crippen LogP contribution in [0.25, 0.3) is 0 Å². The van der Waals surface area contributed by atoms with Gasteiger partial charge in [0.15, 0.2) is 0 Å². The zero-order chi connectivity index (χ0) is 11.6. The second-order valence-electron chi connectivity index (χ2n) is 4.65. The fraction of sp³-hybridized carbons (Fsp3) is 0.500. The molecule has 0 spiro atoms. The largest absolute Gasteiger partial charge is 0.364 e. The molecule has 1 aliphatic rings. The van der Waals surface area contributed by atoms with E-state index in [9.17, 15) is 0 Å². The van der Waals surface area contributed by atoms with Crippen LogP contribution in [-0.2, 0) is 0 Å². The third-order valence-electron chi connectivity index (χ3n) is 2.97. The van der Waals surface area contributed by atoms with Crippen molar-refractivity contribution < 1.29 is 0 Å². The molecule has 0 bridgehead atoms. The number of anilines is 1. The van der Waals surface area contributed by atoms with Gasteiger partial charge in [0.05, 0.1) is 0 Å². The molecule has 0 amide bonds. The molecule has 0 radical (unpaired) electrons. The van der Waals surface area contributed by atoms with Crippen molar-refractivity contribution in [2.75, 3.05) is 24.5 Å². The number of nitrogens with zero attached hydrogens (tertiary/aromatic N) is 3. The Labute approximate surface area is 95.9 Å². The molecule has 0 saturated carbocycles. The van der Waals surface area contributed by atoms with Crippen LogP contribution in [0.4, 0.5) is 5.69 Å². The van der Waals surface area contributed by atoms with Gasteiger partial charge in [-0.3, -0.25) is 0 Å². The topological polar surface area (TPSA) is 52.0 Å². The van der Waals surface area contributed by atoms with E-state index < -0.39 is 0 Å². The maximum absolute atomic E-state index is 8.85. The van der Waals surface area contributed by atoms with E-state index in [2.05, 4.69) is 35.1 Å². The number of hydrogen-bond acceptors (Lipinski definition) is 4. The maximum atomic E-state index is 8.85. The van der Waals surface area contributed by atoms with Crippen molar-refractivity contribution in [1.29, 1.82) is 5.26 Å². The summed E-state index contributed by atoms with van der Waals surface area (Å²) in [7, 11) is 0. The molecule has 0 aromatic carbocycles. The number of nitriles is 1. The summed E-state index contributed by atoms with van der Waals surface area (Å²) in [6.45, 7) is 7.30. The lowest BCUT2D eigenvalue weighted by Gasteiger charge is -2.44. The third kappa shape index (κ3) is 2.00. The molecule has 2 heterocycles. The average molecular weight is 216 g/mol. The van der Waals surface area contributed by atoms with Crippen LogP contribution in [0.2, 0.25) is 0 Å². The van der Waals surface area contributed by atoms with E-state index in [0.717, 1.165) is 25.3 Å². The van der Waals surface area contributed by atoms with Gasteiger partial charge in [0.25, 0.3) is 0 Å². The van der Waals surface area contributed by atoms with E-state index in [1.807, 2.05) is 12.1 Å². The van der Waals surface area contributed by atoms with Crippen molar-refractivity contribution in [1.82, 2.24) is 10.3 Å². The third-order valence-corrected chi connectivity index (χ3v) is 2.97. The molecule has 0 atom stereocenters. The number of piperazine rings is 1. The average Bonchev–Trinajstić information content (AvgIpc) is 2.28. The minimum absolute atomic E-state index is 0.0757. The molecule has 1 aromatic rings. The number of rotatable bonds is 1. The highest BCUT2D eigenvalue weighted by atomic mass is 15.3. The number of aromatic nitrogens is 1. The summed E-state index contributed by atoms with van der Waals surface area (Å²) in [5.74, 6) is 0. The van der Waals surface area contributed by atoms with Crippen molar-refractivity contribution in [3.8, 4) is 6.07 Å². The second-order valence-corrected chi connectivity index (χ2v) is 4.65. The SMILES string of the molecule is CC1(C)CNCCN1c1ccnc(C#N)c1. The summed E-state index contributed by atoms with van der Waals surface area (Å²) in [5.41, 5.74) is 1.64. The van der Waals surface area contributed by atoms with Crippen LogP contribution in [-0.4, -0.2) is 30.2 Å². The molecular formula is C12H16N4. The molecule has 4 nitrogen and oxygen atoms in total. The minimum Gasteiger partial charge on any atom is -0.364 e. The highest BCUT2D eigenvalue weighted by Crippen LogP contribution is 2.25. The van der Waals surface area contributed by atoms with Crippen molar-refractivity contribution in [2.24, 2.45) is 0 Å². The Morgan fingerprint density at radius 2 is 2.38 bits per heavy atom. The summed E-state index contributed by atoms with van der Waals surface area (Å²) < 4.78 is 0. The first-order chi connectivity index (χ1) is 7.63. The van der Waals surface area contributed by atoms with Gasteiger partial charge < -0.3 is 10.2 Å². The first-order valence-corrected chi connectivity index (χ1v) is 5.48. The van der Waals surface area contributed by atoms with Crippen molar-refractivity contribution in [3.05, 3.63) is 24.0 Å². The molecule has 4 heteroatoms. The van der Waals surface area contributed by atoms with Crippen molar-refractivity contribution >= 4 is 5.69 Å². The van der Waals surface area contributed by atoms with Crippen LogP contribution < -0.4 is 10.2 Å². The lowest BCUT2D eigenvalue weighted by molar-refractivity contribution is 0.380. The van der Waals surface area contributed by atoms with Gasteiger partial charge >= 0.3 is 0 Å². The number of pyridine rings is 1. The van der Waals surface area contributed by atoms with E-state index in [1.54, 1.807) is 6.20 Å². The quantitative estimate of drug-likeness (QED) is 0.765. The van der Waals surface area contributed by atoms with Crippen LogP contribution >= 0.6 is 0 Å². The molecule has 0 unspecified atom stereocenters. The molecule has 1 aliphatic heterocycles. The molecule has 1 fully saturated rings. The van der Waals surface area contributed by atoms with E-state index in [0.29, 0.717) is 5.69 Å². The first-order valence-electron chi connectivity index (χ1n) is 5.48. The summed E-state index contributed by atoms with van der Waals surface area (Å²) >= 11 is 0. The van der Waals surface area contributed by atoms with Crippen molar-refractivity contribution in [3.63, 3.8) is 0 Å². The number of nitrogens with one attached hydrogen (secondary N) is 1. The zero-order valence-electron chi connectivity index (χ0n) is 9.70. The van der Waals surface area contributed by atoms with Crippen LogP contribution in [0.3, 0.4) is 0 Å². The lowest BCUT2D eigenvalue weighted by atomic mass is 9.99. The van der Waals surface area contributed by atoms with E-state index in [-0.39, 0.29) is 5.54 Å². The normalized spacial score (nSPS) is 19.2. The minimum atomic E-state index is 0.0757. The van der Waals surface area contributed by atoms with Gasteiger partial charge in [0.1, 0.15) is 11.8 Å². The van der Waals surface area contributed by atoms with Crippen LogP contribution in [0.1, 0.15) is 19.5 Å². The summed E-state index contributed by atoms with van der Waals surface area (Å²) in [6, 6.07) is 5.90. The Bertz CT molecular complexity index is 419. The van der Waals surface area contributed by atoms with Gasteiger partial charge in [-0.2, -0.15) is 5.26 Å². The van der Waals surface area contributed by atoms with Crippen molar-refractivity contribution in [2.45, 2.75) is 19.4 Å². The van der Waals surface area contributed by atoms with E-state index >= 15 is 0 Å². The standard InChI is InChI=1S/C12H16N4/c1-12(2)9-14-5-6-16(12)11-3-4-15-10(7-11)8-13/h3-4,7,14H,5-6,9H2,1-2H3. The molecule has 1 saturated heterocycles. The molecule has 0 aliphatic carbocycles. The lowest BCUT2D eigenvalue weighted by Crippen LogP contribution is -2.58. The predicted octanol–water partition coefficient (Wildman–Crippen LogP) is 1.14. The Balaban J connectivity index is 2.32. The second kappa shape index (κ2) is 4.11. The van der Waals surface area contributed by atoms with Crippen LogP contribution in [0, 0.1) is 11.3 Å². The van der Waals surface area contributed by atoms with Gasteiger partial charge in [0.2, 0.25) is 0 Å². The Morgan fingerprint density at radius 3 is 3.06 bits per heavy atom. The number of hydrogen-bond donors (Lipinski definition) is 1. The van der Waals surface area contributed by atoms with E-state index in [1.165, 1.54) is 0 Å². The summed E-state index contributed by atoms with van der Waals surface area (Å²) in [4.78, 5) is 6.32. The Hall–Kier alpha value is -1.60. The smallest absolute Gasteiger partial charge is 0.142 e. The van der Waals surface area contributed by atoms with E-state index in [4.69, 9.17) is 5.26 Å². The van der Waals surface area contributed by atoms with Gasteiger partial charge in [-0.15, -0.1) is 0 Å². The molecule has 1 aromatic heterocycles. The van der Waals surface area contributed by atoms with Crippen LogP contribution in [0.5, 0.6) is 0 Å². The van der Waals surface area contributed by atoms with Gasteiger partial charge in [-0.25, -0.2) is 4.98 Å². The molecule has 84 valence electrons. The highest BCUT2D eigenvalue weighted by molar-refractivity contribution is 5.51. The summed E-state index contributed by atoms with van der Waals surface area (Å²) in [5, 5.41) is 12.2. The summed E-state index contributed by atoms with van der Waals surface area (Å²) in [6.07, 6.45) is 1.70. The Morgan fingerprint density at radius 1 is 1.56 bits per heavy atom. The van der Waals surface area contributed by atoms with Gasteiger partial charge in [-0.05, 0) is 26.0 Å². The Kier molecular flexibility index (Phi) is 2.80. The maximum Gasteiger partial charge on any atom is 0.142 e. The monoisotopic (exact) mass is 216 g/mol. The fourth-order valence-electron chi connectivity index (χ4n) is 2.11. The molecular weight excluding hydrogens is 200 g/mol. The first kappa shape index (κ1) is 10.9. The van der Waals surface area contributed by atoms with Crippen LogP contribution in [0.15, 0.2) is 18.3 Å².